The van der Waals surface area contributed by atoms with Crippen LogP contribution in [0.5, 0.6) is 5.75 Å². The molecule has 10 heteroatoms. The van der Waals surface area contributed by atoms with Gasteiger partial charge < -0.3 is 25.4 Å². The molecule has 1 amide bonds. The van der Waals surface area contributed by atoms with E-state index in [1.807, 2.05) is 26.0 Å². The lowest BCUT2D eigenvalue weighted by Gasteiger charge is -2.20. The van der Waals surface area contributed by atoms with Crippen LogP contribution in [0.1, 0.15) is 24.2 Å². The number of nitrogens with one attached hydrogen (secondary N) is 2. The predicted octanol–water partition coefficient (Wildman–Crippen LogP) is 1.73. The lowest BCUT2D eigenvalue weighted by Crippen LogP contribution is -2.36. The number of aromatic hydroxyl groups is 1. The van der Waals surface area contributed by atoms with Crippen LogP contribution in [0.15, 0.2) is 50.5 Å². The maximum absolute atomic E-state index is 12.2. The van der Waals surface area contributed by atoms with Crippen LogP contribution in [0.4, 0.5) is 5.69 Å². The molecule has 0 saturated heterocycles. The first-order valence-corrected chi connectivity index (χ1v) is 10.0. The van der Waals surface area contributed by atoms with E-state index in [1.165, 1.54) is 11.0 Å². The van der Waals surface area contributed by atoms with Crippen LogP contribution in [-0.4, -0.2) is 58.5 Å². The Balaban J connectivity index is 1.74. The highest BCUT2D eigenvalue weighted by molar-refractivity contribution is 7.83. The fraction of sp³-hybridized carbons (Fsp3) is 0.316. The number of amidine groups is 2. The van der Waals surface area contributed by atoms with E-state index in [0.29, 0.717) is 6.54 Å². The molecule has 2 aliphatic rings. The number of carbonyl (C=O) groups is 1. The summed E-state index contributed by atoms with van der Waals surface area (Å²) in [5, 5.41) is 16.4. The number of anilines is 1. The molecule has 2 unspecified atom stereocenters. The van der Waals surface area contributed by atoms with Crippen molar-refractivity contribution >= 4 is 34.4 Å². The average Bonchev–Trinajstić information content (AvgIpc) is 2.99. The number of amides is 1. The molecule has 3 rings (SSSR count). The average molecular weight is 417 g/mol. The first-order valence-electron chi connectivity index (χ1n) is 8.94. The van der Waals surface area contributed by atoms with Gasteiger partial charge in [-0.3, -0.25) is 4.79 Å². The number of phenolic OH excluding ortho intramolecular Hbond substituents is 1. The summed E-state index contributed by atoms with van der Waals surface area (Å²) < 4.78 is 25.5. The Morgan fingerprint density at radius 2 is 2.03 bits per heavy atom. The highest BCUT2D eigenvalue weighted by Gasteiger charge is 2.23. The fourth-order valence-electron chi connectivity index (χ4n) is 2.89. The Morgan fingerprint density at radius 1 is 1.31 bits per heavy atom. The van der Waals surface area contributed by atoms with Crippen molar-refractivity contribution in [2.75, 3.05) is 26.0 Å². The molecule has 0 saturated carbocycles. The molecule has 0 fully saturated rings. The van der Waals surface area contributed by atoms with Gasteiger partial charge in [0.05, 0.1) is 17.8 Å². The van der Waals surface area contributed by atoms with Gasteiger partial charge in [-0.15, -0.1) is 8.80 Å². The summed E-state index contributed by atoms with van der Waals surface area (Å²) in [4.78, 5) is 13.6. The molecule has 9 nitrogen and oxygen atoms in total. The Kier molecular flexibility index (Phi) is 6.02. The lowest BCUT2D eigenvalue weighted by molar-refractivity contribution is 0.0824. The zero-order chi connectivity index (χ0) is 21.1. The quantitative estimate of drug-likeness (QED) is 0.643. The third-order valence-electron chi connectivity index (χ3n) is 4.14. The summed E-state index contributed by atoms with van der Waals surface area (Å²) in [6.07, 6.45) is 3.88. The summed E-state index contributed by atoms with van der Waals surface area (Å²) >= 11 is -1.78. The number of hydrogen-bond acceptors (Lipinski definition) is 6. The van der Waals surface area contributed by atoms with Gasteiger partial charge in [0.25, 0.3) is 17.1 Å². The van der Waals surface area contributed by atoms with Crippen molar-refractivity contribution in [3.05, 3.63) is 47.2 Å². The minimum absolute atomic E-state index is 0.0309. The van der Waals surface area contributed by atoms with Gasteiger partial charge in [0.2, 0.25) is 0 Å². The maximum Gasteiger partial charge on any atom is 0.269 e. The molecule has 0 aliphatic carbocycles. The molecule has 3 N–H and O–H groups in total. The van der Waals surface area contributed by atoms with Crippen LogP contribution < -0.4 is 10.6 Å². The van der Waals surface area contributed by atoms with Gasteiger partial charge in [-0.2, -0.15) is 0 Å². The lowest BCUT2D eigenvalue weighted by atomic mass is 10.1. The molecule has 29 heavy (non-hydrogen) atoms. The second-order valence-electron chi connectivity index (χ2n) is 6.83. The van der Waals surface area contributed by atoms with Crippen LogP contribution in [-0.2, 0) is 15.9 Å². The van der Waals surface area contributed by atoms with E-state index >= 15 is 0 Å². The maximum atomic E-state index is 12.2. The second-order valence-corrected chi connectivity index (χ2v) is 7.66. The van der Waals surface area contributed by atoms with Crippen LogP contribution >= 0.6 is 0 Å². The van der Waals surface area contributed by atoms with Gasteiger partial charge in [-0.1, -0.05) is 6.07 Å². The first-order chi connectivity index (χ1) is 13.7. The van der Waals surface area contributed by atoms with Crippen LogP contribution in [0, 0.1) is 0 Å². The predicted molar refractivity (Wildman–Crippen MR) is 113 cm³/mol. The van der Waals surface area contributed by atoms with Crippen LogP contribution in [0.25, 0.3) is 0 Å². The van der Waals surface area contributed by atoms with Crippen LogP contribution in [0.3, 0.4) is 0 Å². The van der Waals surface area contributed by atoms with E-state index < -0.39 is 11.2 Å². The Bertz CT molecular complexity index is 981. The second kappa shape index (κ2) is 8.48. The number of hydrogen-bond donors (Lipinski definition) is 3. The van der Waals surface area contributed by atoms with Gasteiger partial charge in [0.15, 0.2) is 17.4 Å². The smallest absolute Gasteiger partial charge is 0.269 e. The van der Waals surface area contributed by atoms with E-state index in [0.717, 1.165) is 11.3 Å². The van der Waals surface area contributed by atoms with E-state index in [4.69, 9.17) is 4.74 Å². The third kappa shape index (κ3) is 4.83. The molecule has 0 bridgehead atoms. The molecule has 0 aromatic heterocycles. The number of phenols is 1. The molecule has 2 atom stereocenters. The fourth-order valence-corrected chi connectivity index (χ4v) is 3.53. The third-order valence-corrected chi connectivity index (χ3v) is 4.82. The minimum Gasteiger partial charge on any atom is -0.505 e. The Hall–Kier alpha value is -3.14. The van der Waals surface area contributed by atoms with Crippen molar-refractivity contribution in [2.45, 2.75) is 20.0 Å². The number of para-hydroxylation sites is 1. The highest BCUT2D eigenvalue weighted by atomic mass is 32.2. The SMILES string of the molecule is CC1=CC(C)OC(CNC2=NS(=O)N=C2Nc2cccc(C(=O)N(C)C)c2O)=C1. The van der Waals surface area contributed by atoms with Gasteiger partial charge in [0.1, 0.15) is 11.9 Å². The van der Waals surface area contributed by atoms with Gasteiger partial charge in [0, 0.05) is 14.1 Å². The largest absolute Gasteiger partial charge is 0.505 e. The van der Waals surface area contributed by atoms with Gasteiger partial charge in [-0.05, 0) is 43.7 Å². The number of nitrogens with zero attached hydrogens (tertiary/aromatic N) is 3. The number of benzene rings is 1. The topological polar surface area (TPSA) is 116 Å². The van der Waals surface area contributed by atoms with E-state index in [2.05, 4.69) is 19.4 Å². The van der Waals surface area contributed by atoms with Crippen molar-refractivity contribution in [3.63, 3.8) is 0 Å². The zero-order valence-corrected chi connectivity index (χ0v) is 17.4. The number of ether oxygens (including phenoxy) is 1. The summed E-state index contributed by atoms with van der Waals surface area (Å²) in [7, 11) is 3.20. The molecule has 154 valence electrons. The minimum atomic E-state index is -1.78. The van der Waals surface area contributed by atoms with E-state index in [9.17, 15) is 14.1 Å². The standard InChI is InChI=1S/C19H23N5O4S/c1-11-8-12(2)28-13(9-11)10-20-17-18(23-29(27)22-17)21-15-7-5-6-14(16(15)25)19(26)24(3)4/h5-9,12,25H,10H2,1-4H3,(H,20,22)(H,21,23). The van der Waals surface area contributed by atoms with Crippen molar-refractivity contribution in [1.82, 2.24) is 10.2 Å². The van der Waals surface area contributed by atoms with Crippen molar-refractivity contribution in [2.24, 2.45) is 8.80 Å². The molecular formula is C19H23N5O4S. The van der Waals surface area contributed by atoms with Gasteiger partial charge >= 0.3 is 0 Å². The summed E-state index contributed by atoms with van der Waals surface area (Å²) in [5.74, 6) is 0.632. The monoisotopic (exact) mass is 417 g/mol. The highest BCUT2D eigenvalue weighted by Crippen LogP contribution is 2.28. The Labute approximate surface area is 171 Å². The van der Waals surface area contributed by atoms with Crippen molar-refractivity contribution in [3.8, 4) is 5.75 Å². The number of allylic oxidation sites excluding steroid dienone is 2. The number of carbonyl (C=O) groups excluding carboxylic acids is 1. The van der Waals surface area contributed by atoms with E-state index in [1.54, 1.807) is 26.2 Å². The van der Waals surface area contributed by atoms with Crippen LogP contribution in [0.2, 0.25) is 0 Å². The first kappa shape index (κ1) is 20.6. The normalized spacial score (nSPS) is 20.7. The van der Waals surface area contributed by atoms with Gasteiger partial charge in [-0.25, -0.2) is 4.21 Å². The van der Waals surface area contributed by atoms with Crippen molar-refractivity contribution < 1.29 is 18.8 Å². The molecule has 2 heterocycles. The number of rotatable bonds is 4. The Morgan fingerprint density at radius 3 is 2.72 bits per heavy atom. The zero-order valence-electron chi connectivity index (χ0n) is 16.6. The molecular weight excluding hydrogens is 394 g/mol. The molecule has 0 radical (unpaired) electrons. The molecule has 1 aromatic rings. The van der Waals surface area contributed by atoms with Crippen molar-refractivity contribution in [1.29, 1.82) is 0 Å². The summed E-state index contributed by atoms with van der Waals surface area (Å²) in [5.41, 5.74) is 1.49. The molecule has 2 aliphatic heterocycles. The summed E-state index contributed by atoms with van der Waals surface area (Å²) in [6.45, 7) is 4.26. The van der Waals surface area contributed by atoms with E-state index in [-0.39, 0.29) is 40.7 Å². The summed E-state index contributed by atoms with van der Waals surface area (Å²) in [6, 6.07) is 4.74. The molecule has 0 spiro atoms. The molecule has 1 aromatic carbocycles.